The standard InChI is InChI=1S/C21H17N5O2/c1-13-3-4-15(19-10-23-12-28-19)7-17(13)18-9-25-20(11-24-18)26-21(27)16-5-6-22-8-14(16)2/h3-12H,1-2H3,(H,25,26,27). The van der Waals surface area contributed by atoms with E-state index in [0.717, 1.165) is 22.3 Å². The van der Waals surface area contributed by atoms with Crippen LogP contribution < -0.4 is 5.32 Å². The van der Waals surface area contributed by atoms with E-state index < -0.39 is 0 Å². The maximum absolute atomic E-state index is 12.4. The topological polar surface area (TPSA) is 93.8 Å². The van der Waals surface area contributed by atoms with Crippen molar-refractivity contribution in [1.29, 1.82) is 0 Å². The maximum atomic E-state index is 12.4. The Kier molecular flexibility index (Phi) is 4.63. The average Bonchev–Trinajstić information content (AvgIpc) is 3.24. The Bertz CT molecular complexity index is 1120. The third kappa shape index (κ3) is 3.50. The molecule has 3 heterocycles. The van der Waals surface area contributed by atoms with Crippen LogP contribution in [0.2, 0.25) is 0 Å². The zero-order chi connectivity index (χ0) is 19.5. The van der Waals surface area contributed by atoms with Gasteiger partial charge in [-0.1, -0.05) is 12.1 Å². The van der Waals surface area contributed by atoms with Crippen LogP contribution in [0.3, 0.4) is 0 Å². The van der Waals surface area contributed by atoms with Gasteiger partial charge in [0.2, 0.25) is 0 Å². The Balaban J connectivity index is 1.58. The first kappa shape index (κ1) is 17.5. The van der Waals surface area contributed by atoms with Crippen LogP contribution in [0.1, 0.15) is 21.5 Å². The molecule has 1 N–H and O–H groups in total. The number of hydrogen-bond acceptors (Lipinski definition) is 6. The first-order valence-corrected chi connectivity index (χ1v) is 8.66. The van der Waals surface area contributed by atoms with Crippen molar-refractivity contribution < 1.29 is 9.21 Å². The first-order valence-electron chi connectivity index (χ1n) is 8.66. The highest BCUT2D eigenvalue weighted by molar-refractivity contribution is 6.04. The number of benzene rings is 1. The van der Waals surface area contributed by atoms with Crippen molar-refractivity contribution in [2.45, 2.75) is 13.8 Å². The van der Waals surface area contributed by atoms with Gasteiger partial charge in [-0.25, -0.2) is 9.97 Å². The molecule has 7 heteroatoms. The molecule has 0 saturated heterocycles. The third-order valence-corrected chi connectivity index (χ3v) is 4.39. The normalized spacial score (nSPS) is 10.6. The van der Waals surface area contributed by atoms with Crippen LogP contribution in [0.15, 0.2) is 66.1 Å². The van der Waals surface area contributed by atoms with Crippen LogP contribution in [0, 0.1) is 13.8 Å². The molecule has 0 aliphatic carbocycles. The summed E-state index contributed by atoms with van der Waals surface area (Å²) in [6.45, 7) is 3.84. The number of oxazole rings is 1. The van der Waals surface area contributed by atoms with E-state index in [1.165, 1.54) is 6.39 Å². The summed E-state index contributed by atoms with van der Waals surface area (Å²) in [4.78, 5) is 29.2. The van der Waals surface area contributed by atoms with Gasteiger partial charge >= 0.3 is 0 Å². The summed E-state index contributed by atoms with van der Waals surface area (Å²) in [5.41, 5.74) is 4.95. The van der Waals surface area contributed by atoms with Gasteiger partial charge in [0.25, 0.3) is 5.91 Å². The predicted octanol–water partition coefficient (Wildman–Crippen LogP) is 4.06. The van der Waals surface area contributed by atoms with Gasteiger partial charge in [0, 0.05) is 29.1 Å². The fraction of sp³-hybridized carbons (Fsp3) is 0.0952. The highest BCUT2D eigenvalue weighted by Crippen LogP contribution is 2.28. The molecule has 0 atom stereocenters. The van der Waals surface area contributed by atoms with E-state index in [1.807, 2.05) is 32.0 Å². The number of pyridine rings is 1. The molecule has 0 saturated carbocycles. The van der Waals surface area contributed by atoms with Crippen LogP contribution in [0.25, 0.3) is 22.6 Å². The highest BCUT2D eigenvalue weighted by Gasteiger charge is 2.12. The fourth-order valence-corrected chi connectivity index (χ4v) is 2.85. The lowest BCUT2D eigenvalue weighted by molar-refractivity contribution is 0.102. The van der Waals surface area contributed by atoms with Crippen LogP contribution in [-0.4, -0.2) is 25.8 Å². The molecular formula is C21H17N5O2. The smallest absolute Gasteiger partial charge is 0.257 e. The second kappa shape index (κ2) is 7.40. The molecule has 1 aromatic carbocycles. The van der Waals surface area contributed by atoms with Crippen molar-refractivity contribution >= 4 is 11.7 Å². The van der Waals surface area contributed by atoms with E-state index >= 15 is 0 Å². The zero-order valence-corrected chi connectivity index (χ0v) is 15.4. The number of aryl methyl sites for hydroxylation is 2. The SMILES string of the molecule is Cc1cnccc1C(=O)Nc1cnc(-c2cc(-c3cnco3)ccc2C)cn1. The summed E-state index contributed by atoms with van der Waals surface area (Å²) in [6, 6.07) is 7.62. The lowest BCUT2D eigenvalue weighted by atomic mass is 10.0. The van der Waals surface area contributed by atoms with Crippen LogP contribution in [-0.2, 0) is 0 Å². The lowest BCUT2D eigenvalue weighted by Gasteiger charge is -2.09. The summed E-state index contributed by atoms with van der Waals surface area (Å²) in [5, 5.41) is 2.76. The summed E-state index contributed by atoms with van der Waals surface area (Å²) < 4.78 is 5.37. The first-order chi connectivity index (χ1) is 13.6. The second-order valence-corrected chi connectivity index (χ2v) is 6.33. The average molecular weight is 371 g/mol. The fourth-order valence-electron chi connectivity index (χ4n) is 2.85. The predicted molar refractivity (Wildman–Crippen MR) is 105 cm³/mol. The van der Waals surface area contributed by atoms with E-state index in [9.17, 15) is 4.79 Å². The third-order valence-electron chi connectivity index (χ3n) is 4.39. The molecule has 7 nitrogen and oxygen atoms in total. The number of anilines is 1. The molecule has 0 aliphatic heterocycles. The quantitative estimate of drug-likeness (QED) is 0.581. The Morgan fingerprint density at radius 2 is 1.86 bits per heavy atom. The minimum atomic E-state index is -0.245. The minimum Gasteiger partial charge on any atom is -0.444 e. The molecule has 28 heavy (non-hydrogen) atoms. The molecule has 0 radical (unpaired) electrons. The molecule has 1 amide bonds. The van der Waals surface area contributed by atoms with E-state index in [-0.39, 0.29) is 5.91 Å². The van der Waals surface area contributed by atoms with Crippen molar-refractivity contribution in [2.75, 3.05) is 5.32 Å². The van der Waals surface area contributed by atoms with Gasteiger partial charge in [0.15, 0.2) is 18.0 Å². The van der Waals surface area contributed by atoms with Crippen LogP contribution in [0.5, 0.6) is 0 Å². The van der Waals surface area contributed by atoms with E-state index in [4.69, 9.17) is 4.42 Å². The van der Waals surface area contributed by atoms with Gasteiger partial charge in [-0.2, -0.15) is 0 Å². The van der Waals surface area contributed by atoms with Crippen molar-refractivity contribution in [2.24, 2.45) is 0 Å². The summed E-state index contributed by atoms with van der Waals surface area (Å²) in [5.74, 6) is 0.824. The van der Waals surface area contributed by atoms with Crippen LogP contribution in [0.4, 0.5) is 5.82 Å². The molecule has 0 spiro atoms. The molecular weight excluding hydrogens is 354 g/mol. The van der Waals surface area contributed by atoms with Gasteiger partial charge in [-0.15, -0.1) is 0 Å². The number of nitrogens with one attached hydrogen (secondary N) is 1. The van der Waals surface area contributed by atoms with Crippen LogP contribution >= 0.6 is 0 Å². The van der Waals surface area contributed by atoms with Gasteiger partial charge in [0.05, 0.1) is 24.3 Å². The number of hydrogen-bond donors (Lipinski definition) is 1. The van der Waals surface area contributed by atoms with Crippen molar-refractivity contribution in [3.63, 3.8) is 0 Å². The van der Waals surface area contributed by atoms with E-state index in [0.29, 0.717) is 22.8 Å². The monoisotopic (exact) mass is 371 g/mol. The second-order valence-electron chi connectivity index (χ2n) is 6.33. The molecule has 4 aromatic rings. The molecule has 0 unspecified atom stereocenters. The van der Waals surface area contributed by atoms with E-state index in [1.54, 1.807) is 37.1 Å². The van der Waals surface area contributed by atoms with Gasteiger partial charge < -0.3 is 9.73 Å². The zero-order valence-electron chi connectivity index (χ0n) is 15.4. The molecule has 4 rings (SSSR count). The molecule has 0 aliphatic rings. The lowest BCUT2D eigenvalue weighted by Crippen LogP contribution is -2.14. The van der Waals surface area contributed by atoms with E-state index in [2.05, 4.69) is 25.3 Å². The number of carbonyl (C=O) groups excluding carboxylic acids is 1. The Morgan fingerprint density at radius 3 is 2.57 bits per heavy atom. The summed E-state index contributed by atoms with van der Waals surface area (Å²) in [6.07, 6.45) is 9.48. The Hall–Kier alpha value is -3.87. The number of rotatable bonds is 4. The Morgan fingerprint density at radius 1 is 0.964 bits per heavy atom. The molecule has 0 fully saturated rings. The largest absolute Gasteiger partial charge is 0.444 e. The maximum Gasteiger partial charge on any atom is 0.257 e. The van der Waals surface area contributed by atoms with Crippen molar-refractivity contribution in [1.82, 2.24) is 19.9 Å². The summed E-state index contributed by atoms with van der Waals surface area (Å²) in [7, 11) is 0. The van der Waals surface area contributed by atoms with Gasteiger partial charge in [-0.3, -0.25) is 14.8 Å². The number of nitrogens with zero attached hydrogens (tertiary/aromatic N) is 4. The van der Waals surface area contributed by atoms with Crippen molar-refractivity contribution in [3.8, 4) is 22.6 Å². The molecule has 3 aromatic heterocycles. The van der Waals surface area contributed by atoms with Gasteiger partial charge in [0.1, 0.15) is 0 Å². The summed E-state index contributed by atoms with van der Waals surface area (Å²) >= 11 is 0. The number of aromatic nitrogens is 4. The highest BCUT2D eigenvalue weighted by atomic mass is 16.3. The van der Waals surface area contributed by atoms with Gasteiger partial charge in [-0.05, 0) is 37.1 Å². The molecule has 0 bridgehead atoms. The Labute approximate surface area is 161 Å². The number of amides is 1. The number of carbonyl (C=O) groups is 1. The van der Waals surface area contributed by atoms with Crippen molar-refractivity contribution in [3.05, 3.63) is 78.3 Å². The minimum absolute atomic E-state index is 0.245. The molecule has 138 valence electrons.